The zero-order chi connectivity index (χ0) is 26.1. The van der Waals surface area contributed by atoms with Gasteiger partial charge in [-0.3, -0.25) is 29.4 Å². The van der Waals surface area contributed by atoms with E-state index in [1.165, 1.54) is 29.2 Å². The number of carbonyl (C=O) groups is 3. The standard InChI is InChI=1S/C27H23N3O7/c1-16-7-8-17(12-24(16)30(34)35)25(31)28-18-4-2-5-19(13-18)37-20-9-10-22-23(14-20)27(33)29(26(22)32)15-21-6-3-11-36-21/h2,4-5,7-10,12-14,21H,3,6,11,15H2,1H3,(H,28,31). The Bertz CT molecular complexity index is 1430. The number of hydrogen-bond donors (Lipinski definition) is 1. The molecule has 1 N–H and O–H groups in total. The van der Waals surface area contributed by atoms with Crippen molar-refractivity contribution in [1.82, 2.24) is 4.90 Å². The molecule has 2 aliphatic rings. The summed E-state index contributed by atoms with van der Waals surface area (Å²) in [4.78, 5) is 50.2. The van der Waals surface area contributed by atoms with E-state index in [4.69, 9.17) is 9.47 Å². The van der Waals surface area contributed by atoms with Crippen LogP contribution >= 0.6 is 0 Å². The van der Waals surface area contributed by atoms with Crippen LogP contribution in [0.3, 0.4) is 0 Å². The summed E-state index contributed by atoms with van der Waals surface area (Å²) in [7, 11) is 0. The van der Waals surface area contributed by atoms with Crippen LogP contribution in [0.4, 0.5) is 11.4 Å². The summed E-state index contributed by atoms with van der Waals surface area (Å²) in [5, 5.41) is 13.9. The number of imide groups is 1. The van der Waals surface area contributed by atoms with E-state index in [-0.39, 0.29) is 41.3 Å². The van der Waals surface area contributed by atoms with Crippen molar-refractivity contribution in [3.8, 4) is 11.5 Å². The highest BCUT2D eigenvalue weighted by atomic mass is 16.6. The van der Waals surface area contributed by atoms with Gasteiger partial charge in [-0.15, -0.1) is 0 Å². The molecule has 0 aromatic heterocycles. The quantitative estimate of drug-likeness (QED) is 0.282. The highest BCUT2D eigenvalue weighted by Crippen LogP contribution is 2.31. The Balaban J connectivity index is 1.29. The number of fused-ring (bicyclic) bond motifs is 1. The second-order valence-electron chi connectivity index (χ2n) is 8.91. The summed E-state index contributed by atoms with van der Waals surface area (Å²) >= 11 is 0. The van der Waals surface area contributed by atoms with Gasteiger partial charge in [0, 0.05) is 35.6 Å². The van der Waals surface area contributed by atoms with Gasteiger partial charge in [0.15, 0.2) is 0 Å². The van der Waals surface area contributed by atoms with E-state index < -0.39 is 10.8 Å². The number of aryl methyl sites for hydroxylation is 1. The number of ether oxygens (including phenoxy) is 2. The van der Waals surface area contributed by atoms with E-state index in [0.717, 1.165) is 12.8 Å². The Morgan fingerprint density at radius 3 is 2.62 bits per heavy atom. The van der Waals surface area contributed by atoms with Crippen molar-refractivity contribution < 1.29 is 28.8 Å². The lowest BCUT2D eigenvalue weighted by molar-refractivity contribution is -0.385. The molecule has 1 fully saturated rings. The van der Waals surface area contributed by atoms with E-state index in [1.54, 1.807) is 43.3 Å². The van der Waals surface area contributed by atoms with Gasteiger partial charge < -0.3 is 14.8 Å². The Morgan fingerprint density at radius 1 is 1.08 bits per heavy atom. The molecule has 10 nitrogen and oxygen atoms in total. The zero-order valence-electron chi connectivity index (χ0n) is 19.9. The number of carbonyl (C=O) groups excluding carboxylic acids is 3. The van der Waals surface area contributed by atoms with Gasteiger partial charge in [-0.05, 0) is 56.2 Å². The Morgan fingerprint density at radius 2 is 1.86 bits per heavy atom. The maximum absolute atomic E-state index is 12.9. The fourth-order valence-corrected chi connectivity index (χ4v) is 4.42. The largest absolute Gasteiger partial charge is 0.457 e. The minimum Gasteiger partial charge on any atom is -0.457 e. The predicted octanol–water partition coefficient (Wildman–Crippen LogP) is 4.72. The number of nitrogens with zero attached hydrogens (tertiary/aromatic N) is 2. The predicted molar refractivity (Wildman–Crippen MR) is 133 cm³/mol. The van der Waals surface area contributed by atoms with Crippen molar-refractivity contribution >= 4 is 29.1 Å². The fraction of sp³-hybridized carbons (Fsp3) is 0.222. The SMILES string of the molecule is Cc1ccc(C(=O)Nc2cccc(Oc3ccc4c(c3)C(=O)N(CC3CCCO3)C4=O)c2)cc1[N+](=O)[O-]. The van der Waals surface area contributed by atoms with Crippen molar-refractivity contribution in [3.05, 3.63) is 93.0 Å². The smallest absolute Gasteiger partial charge is 0.273 e. The molecule has 0 aliphatic carbocycles. The molecule has 37 heavy (non-hydrogen) atoms. The van der Waals surface area contributed by atoms with Crippen molar-refractivity contribution in [3.63, 3.8) is 0 Å². The summed E-state index contributed by atoms with van der Waals surface area (Å²) < 4.78 is 11.5. The molecule has 10 heteroatoms. The van der Waals surface area contributed by atoms with E-state index in [2.05, 4.69) is 5.32 Å². The number of nitrogens with one attached hydrogen (secondary N) is 1. The highest BCUT2D eigenvalue weighted by molar-refractivity contribution is 6.21. The van der Waals surface area contributed by atoms with E-state index in [9.17, 15) is 24.5 Å². The lowest BCUT2D eigenvalue weighted by atomic mass is 10.1. The molecule has 0 bridgehead atoms. The first-order chi connectivity index (χ1) is 17.8. The molecule has 0 saturated carbocycles. The van der Waals surface area contributed by atoms with E-state index >= 15 is 0 Å². The lowest BCUT2D eigenvalue weighted by Crippen LogP contribution is -2.36. The normalized spacial score (nSPS) is 16.6. The van der Waals surface area contributed by atoms with Gasteiger partial charge in [-0.25, -0.2) is 0 Å². The van der Waals surface area contributed by atoms with Crippen molar-refractivity contribution in [1.29, 1.82) is 0 Å². The molecular weight excluding hydrogens is 478 g/mol. The number of nitro groups is 1. The molecule has 3 aromatic rings. The summed E-state index contributed by atoms with van der Waals surface area (Å²) in [5.41, 5.74) is 1.48. The summed E-state index contributed by atoms with van der Waals surface area (Å²) in [5.74, 6) is -0.484. The topological polar surface area (TPSA) is 128 Å². The minimum atomic E-state index is -0.531. The summed E-state index contributed by atoms with van der Waals surface area (Å²) in [6.07, 6.45) is 1.59. The van der Waals surface area contributed by atoms with Crippen LogP contribution < -0.4 is 10.1 Å². The second-order valence-corrected chi connectivity index (χ2v) is 8.91. The van der Waals surface area contributed by atoms with Crippen LogP contribution in [0.1, 0.15) is 49.5 Å². The van der Waals surface area contributed by atoms with Gasteiger partial charge in [-0.1, -0.05) is 12.1 Å². The average molecular weight is 501 g/mol. The number of rotatable bonds is 7. The van der Waals surface area contributed by atoms with Crippen LogP contribution in [-0.2, 0) is 4.74 Å². The first-order valence-corrected chi connectivity index (χ1v) is 11.8. The van der Waals surface area contributed by atoms with E-state index in [0.29, 0.717) is 34.9 Å². The summed E-state index contributed by atoms with van der Waals surface area (Å²) in [6, 6.07) is 15.6. The molecule has 1 unspecified atom stereocenters. The monoisotopic (exact) mass is 501 g/mol. The highest BCUT2D eigenvalue weighted by Gasteiger charge is 2.37. The number of nitro benzene ring substituents is 1. The number of anilines is 1. The Labute approximate surface area is 211 Å². The van der Waals surface area contributed by atoms with Crippen molar-refractivity contribution in [2.75, 3.05) is 18.5 Å². The maximum atomic E-state index is 12.9. The minimum absolute atomic E-state index is 0.135. The molecule has 3 aromatic carbocycles. The lowest BCUT2D eigenvalue weighted by Gasteiger charge is -2.17. The molecule has 3 amide bonds. The molecule has 0 radical (unpaired) electrons. The van der Waals surface area contributed by atoms with Gasteiger partial charge in [0.25, 0.3) is 23.4 Å². The van der Waals surface area contributed by atoms with Crippen LogP contribution in [-0.4, -0.2) is 46.8 Å². The van der Waals surface area contributed by atoms with Gasteiger partial charge in [0.05, 0.1) is 28.7 Å². The third-order valence-corrected chi connectivity index (χ3v) is 6.35. The average Bonchev–Trinajstić information content (AvgIpc) is 3.47. The molecule has 2 aliphatic heterocycles. The van der Waals surface area contributed by atoms with Gasteiger partial charge in [-0.2, -0.15) is 0 Å². The third-order valence-electron chi connectivity index (χ3n) is 6.35. The van der Waals surface area contributed by atoms with Crippen LogP contribution in [0.15, 0.2) is 60.7 Å². The van der Waals surface area contributed by atoms with Gasteiger partial charge >= 0.3 is 0 Å². The molecule has 0 spiro atoms. The maximum Gasteiger partial charge on any atom is 0.273 e. The van der Waals surface area contributed by atoms with Gasteiger partial charge in [0.2, 0.25) is 0 Å². The fourth-order valence-electron chi connectivity index (χ4n) is 4.42. The van der Waals surface area contributed by atoms with E-state index in [1.807, 2.05) is 0 Å². The van der Waals surface area contributed by atoms with Crippen LogP contribution in [0, 0.1) is 17.0 Å². The number of amides is 3. The molecule has 5 rings (SSSR count). The first kappa shape index (κ1) is 24.1. The Hall–Kier alpha value is -4.57. The Kier molecular flexibility index (Phi) is 6.41. The van der Waals surface area contributed by atoms with Crippen molar-refractivity contribution in [2.24, 2.45) is 0 Å². The molecule has 1 saturated heterocycles. The van der Waals surface area contributed by atoms with Crippen LogP contribution in [0.2, 0.25) is 0 Å². The van der Waals surface area contributed by atoms with Crippen LogP contribution in [0.25, 0.3) is 0 Å². The summed E-state index contributed by atoms with van der Waals surface area (Å²) in [6.45, 7) is 2.47. The molecule has 2 heterocycles. The second kappa shape index (κ2) is 9.82. The van der Waals surface area contributed by atoms with Crippen molar-refractivity contribution in [2.45, 2.75) is 25.9 Å². The molecule has 188 valence electrons. The third kappa shape index (κ3) is 4.91. The van der Waals surface area contributed by atoms with Crippen LogP contribution in [0.5, 0.6) is 11.5 Å². The zero-order valence-corrected chi connectivity index (χ0v) is 19.9. The molecule has 1 atom stereocenters. The first-order valence-electron chi connectivity index (χ1n) is 11.8. The van der Waals surface area contributed by atoms with Gasteiger partial charge in [0.1, 0.15) is 11.5 Å². The number of hydrogen-bond acceptors (Lipinski definition) is 7. The number of benzene rings is 3. The molecular formula is C27H23N3O7.